The van der Waals surface area contributed by atoms with Gasteiger partial charge in [0.05, 0.1) is 21.2 Å². The normalized spacial score (nSPS) is 14.2. The van der Waals surface area contributed by atoms with Crippen molar-refractivity contribution < 1.29 is 9.72 Å². The molecule has 0 atom stereocenters. The van der Waals surface area contributed by atoms with E-state index >= 15 is 0 Å². The lowest BCUT2D eigenvalue weighted by Gasteiger charge is -2.30. The lowest BCUT2D eigenvalue weighted by Crippen LogP contribution is -2.31. The molecule has 0 spiro atoms. The SMILES string of the molecule is O=C(Nc1ccc(Cl)cn1)c1cc([N+](=O)[O-])ccc1N1CCCCC1. The molecule has 0 saturated carbocycles. The smallest absolute Gasteiger partial charge is 0.270 e. The molecule has 0 aliphatic carbocycles. The number of amides is 1. The largest absolute Gasteiger partial charge is 0.371 e. The van der Waals surface area contributed by atoms with E-state index in [9.17, 15) is 14.9 Å². The van der Waals surface area contributed by atoms with Gasteiger partial charge in [0.2, 0.25) is 0 Å². The lowest BCUT2D eigenvalue weighted by molar-refractivity contribution is -0.384. The van der Waals surface area contributed by atoms with Crippen molar-refractivity contribution in [1.82, 2.24) is 4.98 Å². The van der Waals surface area contributed by atoms with Crippen molar-refractivity contribution in [3.05, 3.63) is 57.2 Å². The van der Waals surface area contributed by atoms with Crippen molar-refractivity contribution in [2.24, 2.45) is 0 Å². The Hall–Kier alpha value is -2.67. The van der Waals surface area contributed by atoms with Gasteiger partial charge in [-0.3, -0.25) is 14.9 Å². The summed E-state index contributed by atoms with van der Waals surface area (Å²) in [6.07, 6.45) is 4.66. The summed E-state index contributed by atoms with van der Waals surface area (Å²) in [7, 11) is 0. The minimum atomic E-state index is -0.503. The number of non-ortho nitro benzene ring substituents is 1. The van der Waals surface area contributed by atoms with Crippen LogP contribution in [0.5, 0.6) is 0 Å². The first-order chi connectivity index (χ1) is 12.0. The van der Waals surface area contributed by atoms with Gasteiger partial charge in [-0.1, -0.05) is 11.6 Å². The number of carbonyl (C=O) groups excluding carboxylic acids is 1. The number of benzene rings is 1. The number of anilines is 2. The molecule has 2 heterocycles. The highest BCUT2D eigenvalue weighted by Crippen LogP contribution is 2.28. The van der Waals surface area contributed by atoms with Gasteiger partial charge in [-0.15, -0.1) is 0 Å². The number of nitrogens with zero attached hydrogens (tertiary/aromatic N) is 3. The average molecular weight is 361 g/mol. The van der Waals surface area contributed by atoms with Gasteiger partial charge in [0.15, 0.2) is 0 Å². The Morgan fingerprint density at radius 3 is 2.60 bits per heavy atom. The number of carbonyl (C=O) groups is 1. The van der Waals surface area contributed by atoms with E-state index in [-0.39, 0.29) is 11.3 Å². The van der Waals surface area contributed by atoms with Crippen molar-refractivity contribution in [2.75, 3.05) is 23.3 Å². The molecule has 0 bridgehead atoms. The number of aromatic nitrogens is 1. The van der Waals surface area contributed by atoms with Gasteiger partial charge in [0.1, 0.15) is 5.82 Å². The van der Waals surface area contributed by atoms with Crippen LogP contribution in [0.1, 0.15) is 29.6 Å². The fourth-order valence-electron chi connectivity index (χ4n) is 2.86. The van der Waals surface area contributed by atoms with Crippen LogP contribution in [0.3, 0.4) is 0 Å². The van der Waals surface area contributed by atoms with Crippen LogP contribution in [0.25, 0.3) is 0 Å². The summed E-state index contributed by atoms with van der Waals surface area (Å²) in [5, 5.41) is 14.2. The number of halogens is 1. The molecule has 7 nitrogen and oxygen atoms in total. The minimum Gasteiger partial charge on any atom is -0.371 e. The maximum absolute atomic E-state index is 12.7. The highest BCUT2D eigenvalue weighted by atomic mass is 35.5. The Balaban J connectivity index is 1.92. The van der Waals surface area contributed by atoms with Gasteiger partial charge >= 0.3 is 0 Å². The molecule has 8 heteroatoms. The van der Waals surface area contributed by atoms with Crippen LogP contribution in [-0.4, -0.2) is 28.9 Å². The van der Waals surface area contributed by atoms with Gasteiger partial charge in [-0.25, -0.2) is 4.98 Å². The lowest BCUT2D eigenvalue weighted by atomic mass is 10.1. The molecule has 25 heavy (non-hydrogen) atoms. The predicted octanol–water partition coefficient (Wildman–Crippen LogP) is 3.89. The Bertz CT molecular complexity index is 789. The zero-order valence-electron chi connectivity index (χ0n) is 13.4. The van der Waals surface area contributed by atoms with Crippen molar-refractivity contribution in [3.8, 4) is 0 Å². The molecule has 0 radical (unpaired) electrons. The summed E-state index contributed by atoms with van der Waals surface area (Å²) >= 11 is 5.79. The van der Waals surface area contributed by atoms with Crippen molar-refractivity contribution in [1.29, 1.82) is 0 Å². The number of nitro benzene ring substituents is 1. The van der Waals surface area contributed by atoms with Crippen LogP contribution < -0.4 is 10.2 Å². The van der Waals surface area contributed by atoms with E-state index in [0.29, 0.717) is 16.5 Å². The third-order valence-corrected chi connectivity index (χ3v) is 4.32. The molecule has 130 valence electrons. The monoisotopic (exact) mass is 360 g/mol. The van der Waals surface area contributed by atoms with E-state index in [1.165, 1.54) is 18.3 Å². The first kappa shape index (κ1) is 17.2. The first-order valence-corrected chi connectivity index (χ1v) is 8.39. The summed E-state index contributed by atoms with van der Waals surface area (Å²) in [5.41, 5.74) is 0.861. The number of piperidine rings is 1. The second kappa shape index (κ2) is 7.48. The van der Waals surface area contributed by atoms with Crippen LogP contribution in [0, 0.1) is 10.1 Å². The maximum Gasteiger partial charge on any atom is 0.270 e. The molecule has 2 aromatic rings. The Labute approximate surface area is 149 Å². The number of nitrogens with one attached hydrogen (secondary N) is 1. The molecule has 1 amide bonds. The fourth-order valence-corrected chi connectivity index (χ4v) is 2.98. The minimum absolute atomic E-state index is 0.116. The summed E-state index contributed by atoms with van der Waals surface area (Å²) in [6, 6.07) is 7.59. The van der Waals surface area contributed by atoms with Crippen LogP contribution in [-0.2, 0) is 0 Å². The number of pyridine rings is 1. The Morgan fingerprint density at radius 1 is 1.20 bits per heavy atom. The van der Waals surface area contributed by atoms with Crippen LogP contribution in [0.15, 0.2) is 36.5 Å². The molecular formula is C17H17ClN4O3. The summed E-state index contributed by atoms with van der Waals surface area (Å²) in [5.74, 6) is -0.0930. The predicted molar refractivity (Wildman–Crippen MR) is 96.4 cm³/mol. The van der Waals surface area contributed by atoms with Crippen LogP contribution in [0.4, 0.5) is 17.2 Å². The molecule has 1 N–H and O–H groups in total. The standard InChI is InChI=1S/C17H17ClN4O3/c18-12-4-7-16(19-11-12)20-17(23)14-10-13(22(24)25)5-6-15(14)21-8-2-1-3-9-21/h4-7,10-11H,1-3,8-9H2,(H,19,20,23). The number of hydrogen-bond acceptors (Lipinski definition) is 5. The van der Waals surface area contributed by atoms with Crippen molar-refractivity contribution >= 4 is 34.7 Å². The summed E-state index contributed by atoms with van der Waals surface area (Å²) in [6.45, 7) is 1.66. The maximum atomic E-state index is 12.7. The summed E-state index contributed by atoms with van der Waals surface area (Å²) < 4.78 is 0. The number of rotatable bonds is 4. The molecule has 3 rings (SSSR count). The van der Waals surface area contributed by atoms with Crippen molar-refractivity contribution in [2.45, 2.75) is 19.3 Å². The topological polar surface area (TPSA) is 88.4 Å². The molecule has 1 aliphatic heterocycles. The van der Waals surface area contributed by atoms with Gasteiger partial charge in [-0.05, 0) is 37.5 Å². The van der Waals surface area contributed by atoms with Crippen LogP contribution >= 0.6 is 11.6 Å². The number of hydrogen-bond donors (Lipinski definition) is 1. The van der Waals surface area contributed by atoms with Gasteiger partial charge in [0, 0.05) is 31.4 Å². The highest BCUT2D eigenvalue weighted by molar-refractivity contribution is 6.30. The van der Waals surface area contributed by atoms with Gasteiger partial charge < -0.3 is 10.2 Å². The van der Waals surface area contributed by atoms with E-state index in [0.717, 1.165) is 32.4 Å². The second-order valence-corrected chi connectivity index (χ2v) is 6.26. The van der Waals surface area contributed by atoms with E-state index in [1.807, 2.05) is 0 Å². The highest BCUT2D eigenvalue weighted by Gasteiger charge is 2.22. The Kier molecular flexibility index (Phi) is 5.14. The zero-order chi connectivity index (χ0) is 17.8. The third kappa shape index (κ3) is 4.06. The molecule has 1 aromatic carbocycles. The molecular weight excluding hydrogens is 344 g/mol. The van der Waals surface area contributed by atoms with E-state index < -0.39 is 10.8 Å². The van der Waals surface area contributed by atoms with E-state index in [1.54, 1.807) is 18.2 Å². The molecule has 1 aromatic heterocycles. The van der Waals surface area contributed by atoms with Crippen LogP contribution in [0.2, 0.25) is 5.02 Å². The summed E-state index contributed by atoms with van der Waals surface area (Å²) in [4.78, 5) is 29.4. The Morgan fingerprint density at radius 2 is 1.96 bits per heavy atom. The van der Waals surface area contributed by atoms with Gasteiger partial charge in [-0.2, -0.15) is 0 Å². The molecule has 1 saturated heterocycles. The van der Waals surface area contributed by atoms with E-state index in [4.69, 9.17) is 11.6 Å². The number of nitro groups is 1. The average Bonchev–Trinajstić information content (AvgIpc) is 2.63. The van der Waals surface area contributed by atoms with Crippen molar-refractivity contribution in [3.63, 3.8) is 0 Å². The molecule has 0 unspecified atom stereocenters. The fraction of sp³-hybridized carbons (Fsp3) is 0.294. The first-order valence-electron chi connectivity index (χ1n) is 8.01. The van der Waals surface area contributed by atoms with Gasteiger partial charge in [0.25, 0.3) is 11.6 Å². The molecule has 1 aliphatic rings. The second-order valence-electron chi connectivity index (χ2n) is 5.82. The van der Waals surface area contributed by atoms with E-state index in [2.05, 4.69) is 15.2 Å². The third-order valence-electron chi connectivity index (χ3n) is 4.10. The quantitative estimate of drug-likeness (QED) is 0.660. The molecule has 1 fully saturated rings. The zero-order valence-corrected chi connectivity index (χ0v) is 14.2.